The van der Waals surface area contributed by atoms with Crippen LogP contribution in [0.4, 0.5) is 8.78 Å². The van der Waals surface area contributed by atoms with Crippen molar-refractivity contribution < 1.29 is 13.5 Å². The van der Waals surface area contributed by atoms with E-state index in [4.69, 9.17) is 16.3 Å². The van der Waals surface area contributed by atoms with Gasteiger partial charge in [0, 0.05) is 18.7 Å². The summed E-state index contributed by atoms with van der Waals surface area (Å²) >= 11 is 6.21. The summed E-state index contributed by atoms with van der Waals surface area (Å²) in [5, 5.41) is -0.404. The van der Waals surface area contributed by atoms with Crippen molar-refractivity contribution in [3.05, 3.63) is 29.6 Å². The molecule has 1 saturated heterocycles. The molecule has 1 aromatic heterocycles. The summed E-state index contributed by atoms with van der Waals surface area (Å²) in [7, 11) is 0. The third-order valence-electron chi connectivity index (χ3n) is 4.02. The molecule has 1 fully saturated rings. The molecule has 0 bridgehead atoms. The maximum absolute atomic E-state index is 14.0. The molecule has 0 saturated carbocycles. The molecule has 0 aliphatic carbocycles. The van der Waals surface area contributed by atoms with E-state index in [0.29, 0.717) is 24.6 Å². The lowest BCUT2D eigenvalue weighted by Crippen LogP contribution is -2.40. The number of ether oxygens (including phenoxy) is 1. The summed E-state index contributed by atoms with van der Waals surface area (Å²) in [5.41, 5.74) is 0.194. The van der Waals surface area contributed by atoms with Gasteiger partial charge in [-0.25, -0.2) is 13.8 Å². The largest absolute Gasteiger partial charge is 0.379 e. The van der Waals surface area contributed by atoms with E-state index in [1.54, 1.807) is 6.92 Å². The topological polar surface area (TPSA) is 27.1 Å². The van der Waals surface area contributed by atoms with Gasteiger partial charge in [0.2, 0.25) is 0 Å². The molecule has 2 heterocycles. The number of halogens is 3. The number of hydrogen-bond acceptors (Lipinski definition) is 2. The van der Waals surface area contributed by atoms with Gasteiger partial charge in [-0.3, -0.25) is 0 Å². The monoisotopic (exact) mass is 314 g/mol. The first-order valence-corrected chi connectivity index (χ1v) is 7.46. The average molecular weight is 315 g/mol. The third kappa shape index (κ3) is 2.42. The van der Waals surface area contributed by atoms with Crippen LogP contribution in [-0.2, 0) is 10.3 Å². The van der Waals surface area contributed by atoms with Crippen LogP contribution < -0.4 is 0 Å². The van der Waals surface area contributed by atoms with E-state index in [-0.39, 0.29) is 5.52 Å². The fourth-order valence-electron chi connectivity index (χ4n) is 3.05. The molecule has 1 aliphatic heterocycles. The first-order valence-electron chi connectivity index (χ1n) is 7.02. The molecular formula is C15H17ClF2N2O. The fourth-order valence-corrected chi connectivity index (χ4v) is 3.20. The zero-order valence-corrected chi connectivity index (χ0v) is 12.8. The van der Waals surface area contributed by atoms with Crippen LogP contribution in [0.3, 0.4) is 0 Å². The summed E-state index contributed by atoms with van der Waals surface area (Å²) in [5.74, 6) is -0.734. The first kappa shape index (κ1) is 14.7. The molecule has 21 heavy (non-hydrogen) atoms. The van der Waals surface area contributed by atoms with Crippen molar-refractivity contribution in [3.8, 4) is 0 Å². The summed E-state index contributed by atoms with van der Waals surface area (Å²) in [4.78, 5) is 4.31. The Hall–Kier alpha value is -1.20. The van der Waals surface area contributed by atoms with Gasteiger partial charge in [-0.05, 0) is 26.7 Å². The van der Waals surface area contributed by atoms with E-state index < -0.39 is 22.6 Å². The highest BCUT2D eigenvalue weighted by molar-refractivity contribution is 6.20. The zero-order valence-electron chi connectivity index (χ0n) is 12.0. The molecule has 0 N–H and O–H groups in total. The van der Waals surface area contributed by atoms with Crippen molar-refractivity contribution >= 4 is 22.6 Å². The van der Waals surface area contributed by atoms with Gasteiger partial charge < -0.3 is 9.30 Å². The normalized spacial score (nSPS) is 24.4. The molecule has 2 atom stereocenters. The highest BCUT2D eigenvalue weighted by atomic mass is 35.5. The Bertz CT molecular complexity index is 678. The Morgan fingerprint density at radius 3 is 2.81 bits per heavy atom. The highest BCUT2D eigenvalue weighted by Gasteiger charge is 2.35. The van der Waals surface area contributed by atoms with Crippen molar-refractivity contribution in [2.24, 2.45) is 0 Å². The van der Waals surface area contributed by atoms with Gasteiger partial charge in [0.15, 0.2) is 5.82 Å². The van der Waals surface area contributed by atoms with E-state index in [1.807, 2.05) is 11.5 Å². The molecule has 1 aliphatic rings. The lowest BCUT2D eigenvalue weighted by Gasteiger charge is -2.37. The van der Waals surface area contributed by atoms with E-state index in [2.05, 4.69) is 4.98 Å². The van der Waals surface area contributed by atoms with E-state index in [1.165, 1.54) is 6.07 Å². The molecule has 0 amide bonds. The van der Waals surface area contributed by atoms with Gasteiger partial charge in [-0.1, -0.05) is 0 Å². The lowest BCUT2D eigenvalue weighted by molar-refractivity contribution is 0.0101. The van der Waals surface area contributed by atoms with Gasteiger partial charge in [-0.15, -0.1) is 11.6 Å². The predicted octanol–water partition coefficient (Wildman–Crippen LogP) is 4.14. The van der Waals surface area contributed by atoms with Crippen LogP contribution in [0.2, 0.25) is 0 Å². The second-order valence-corrected chi connectivity index (χ2v) is 6.48. The van der Waals surface area contributed by atoms with Crippen LogP contribution >= 0.6 is 11.6 Å². The number of fused-ring (bicyclic) bond motifs is 1. The van der Waals surface area contributed by atoms with E-state index in [0.717, 1.165) is 18.9 Å². The minimum Gasteiger partial charge on any atom is -0.379 e. The Morgan fingerprint density at radius 2 is 2.19 bits per heavy atom. The zero-order chi connectivity index (χ0) is 15.2. The lowest BCUT2D eigenvalue weighted by atomic mass is 9.94. The Morgan fingerprint density at radius 1 is 1.43 bits per heavy atom. The quantitative estimate of drug-likeness (QED) is 0.779. The summed E-state index contributed by atoms with van der Waals surface area (Å²) < 4.78 is 35.1. The molecule has 3 nitrogen and oxygen atoms in total. The minimum absolute atomic E-state index is 0.158. The van der Waals surface area contributed by atoms with E-state index >= 15 is 0 Å². The van der Waals surface area contributed by atoms with Crippen LogP contribution in [0.1, 0.15) is 37.9 Å². The molecule has 1 aromatic carbocycles. The third-order valence-corrected chi connectivity index (χ3v) is 4.21. The molecule has 114 valence electrons. The number of aromatic nitrogens is 2. The maximum atomic E-state index is 14.0. The maximum Gasteiger partial charge on any atom is 0.153 e. The number of hydrogen-bond donors (Lipinski definition) is 0. The van der Waals surface area contributed by atoms with Crippen molar-refractivity contribution in [1.82, 2.24) is 9.55 Å². The first-order chi connectivity index (χ1) is 9.92. The fraction of sp³-hybridized carbons (Fsp3) is 0.533. The molecular weight excluding hydrogens is 298 g/mol. The molecule has 2 aromatic rings. The second-order valence-electron chi connectivity index (χ2n) is 5.83. The van der Waals surface area contributed by atoms with Crippen molar-refractivity contribution in [3.63, 3.8) is 0 Å². The summed E-state index contributed by atoms with van der Waals surface area (Å²) in [6, 6.07) is 2.16. The molecule has 0 radical (unpaired) electrons. The number of imidazole rings is 1. The van der Waals surface area contributed by atoms with Crippen LogP contribution in [0, 0.1) is 11.6 Å². The van der Waals surface area contributed by atoms with Crippen molar-refractivity contribution in [1.29, 1.82) is 0 Å². The van der Waals surface area contributed by atoms with Gasteiger partial charge in [0.05, 0.1) is 23.0 Å². The van der Waals surface area contributed by atoms with Gasteiger partial charge in [-0.2, -0.15) is 0 Å². The number of rotatable bonds is 2. The van der Waals surface area contributed by atoms with Crippen LogP contribution in [-0.4, -0.2) is 22.8 Å². The molecule has 6 heteroatoms. The highest BCUT2D eigenvalue weighted by Crippen LogP contribution is 2.36. The smallest absolute Gasteiger partial charge is 0.153 e. The Labute approximate surface area is 126 Å². The van der Waals surface area contributed by atoms with Gasteiger partial charge in [0.25, 0.3) is 0 Å². The van der Waals surface area contributed by atoms with E-state index in [9.17, 15) is 8.78 Å². The van der Waals surface area contributed by atoms with Crippen molar-refractivity contribution in [2.45, 2.75) is 37.6 Å². The molecule has 2 unspecified atom stereocenters. The standard InChI is InChI=1S/C15H17ClF2N2O/c1-9(16)14-19-13-11(18)6-10(17)7-12(13)20(14)15(2)4-3-5-21-8-15/h6-7,9H,3-5,8H2,1-2H3. The van der Waals surface area contributed by atoms with Crippen LogP contribution in [0.15, 0.2) is 12.1 Å². The molecule has 0 spiro atoms. The Kier molecular flexibility index (Phi) is 3.66. The number of nitrogens with zero attached hydrogens (tertiary/aromatic N) is 2. The predicted molar refractivity (Wildman–Crippen MR) is 77.6 cm³/mol. The van der Waals surface area contributed by atoms with Gasteiger partial charge >= 0.3 is 0 Å². The molecule has 3 rings (SSSR count). The second kappa shape index (κ2) is 5.21. The average Bonchev–Trinajstić information content (AvgIpc) is 2.80. The SMILES string of the molecule is CC(Cl)c1nc2c(F)cc(F)cc2n1C1(C)CCCOC1. The van der Waals surface area contributed by atoms with Crippen LogP contribution in [0.25, 0.3) is 11.0 Å². The van der Waals surface area contributed by atoms with Crippen LogP contribution in [0.5, 0.6) is 0 Å². The minimum atomic E-state index is -0.664. The number of benzene rings is 1. The van der Waals surface area contributed by atoms with Crippen molar-refractivity contribution in [2.75, 3.05) is 13.2 Å². The summed E-state index contributed by atoms with van der Waals surface area (Å²) in [6.07, 6.45) is 1.75. The Balaban J connectivity index is 2.30. The van der Waals surface area contributed by atoms with Gasteiger partial charge in [0.1, 0.15) is 17.2 Å². The number of alkyl halides is 1. The summed E-state index contributed by atoms with van der Waals surface area (Å²) in [6.45, 7) is 4.98.